The molecule has 2 nitrogen and oxygen atoms in total. The smallest absolute Gasteiger partial charge is 0.133 e. The summed E-state index contributed by atoms with van der Waals surface area (Å²) in [6.45, 7) is 4.43. The lowest BCUT2D eigenvalue weighted by molar-refractivity contribution is 0.0546. The van der Waals surface area contributed by atoms with Crippen LogP contribution in [0.3, 0.4) is 0 Å². The van der Waals surface area contributed by atoms with Crippen LogP contribution in [0.15, 0.2) is 22.7 Å². The first-order valence-electron chi connectivity index (χ1n) is 6.36. The van der Waals surface area contributed by atoms with E-state index in [1.165, 1.54) is 12.0 Å². The summed E-state index contributed by atoms with van der Waals surface area (Å²) in [6.07, 6.45) is 2.38. The molecular formula is C14H18Br2O2. The SMILES string of the molecule is CCOc1ccc(C(Br)C2CCCOC2)cc1Br. The number of benzene rings is 1. The molecule has 1 aliphatic rings. The molecule has 2 rings (SSSR count). The third-order valence-electron chi connectivity index (χ3n) is 3.18. The van der Waals surface area contributed by atoms with Crippen LogP contribution in [0, 0.1) is 5.92 Å². The van der Waals surface area contributed by atoms with Gasteiger partial charge in [-0.05, 0) is 59.3 Å². The van der Waals surface area contributed by atoms with Gasteiger partial charge in [-0.25, -0.2) is 0 Å². The second-order valence-corrected chi connectivity index (χ2v) is 6.34. The first-order valence-corrected chi connectivity index (χ1v) is 8.07. The molecule has 0 aromatic heterocycles. The van der Waals surface area contributed by atoms with E-state index in [0.29, 0.717) is 17.4 Å². The Morgan fingerprint density at radius 1 is 1.50 bits per heavy atom. The highest BCUT2D eigenvalue weighted by Crippen LogP contribution is 2.38. The fourth-order valence-electron chi connectivity index (χ4n) is 2.23. The van der Waals surface area contributed by atoms with Gasteiger partial charge in [0, 0.05) is 11.4 Å². The lowest BCUT2D eigenvalue weighted by Gasteiger charge is -2.27. The zero-order valence-electron chi connectivity index (χ0n) is 10.5. The van der Waals surface area contributed by atoms with Crippen LogP contribution in [0.5, 0.6) is 5.75 Å². The van der Waals surface area contributed by atoms with Crippen molar-refractivity contribution in [1.82, 2.24) is 0 Å². The molecule has 2 unspecified atom stereocenters. The topological polar surface area (TPSA) is 18.5 Å². The number of rotatable bonds is 4. The van der Waals surface area contributed by atoms with E-state index >= 15 is 0 Å². The molecule has 0 bridgehead atoms. The Bertz CT molecular complexity index is 389. The normalized spacial score (nSPS) is 21.6. The lowest BCUT2D eigenvalue weighted by Crippen LogP contribution is -2.21. The third-order valence-corrected chi connectivity index (χ3v) is 5.08. The second kappa shape index (κ2) is 6.92. The Kier molecular flexibility index (Phi) is 5.52. The predicted molar refractivity (Wildman–Crippen MR) is 80.5 cm³/mol. The molecule has 1 aromatic rings. The van der Waals surface area contributed by atoms with Crippen molar-refractivity contribution in [2.45, 2.75) is 24.6 Å². The van der Waals surface area contributed by atoms with Crippen molar-refractivity contribution in [3.05, 3.63) is 28.2 Å². The van der Waals surface area contributed by atoms with E-state index in [-0.39, 0.29) is 0 Å². The van der Waals surface area contributed by atoms with Crippen LogP contribution in [0.1, 0.15) is 30.2 Å². The van der Waals surface area contributed by atoms with Crippen LogP contribution < -0.4 is 4.74 Å². The second-order valence-electron chi connectivity index (χ2n) is 4.50. The quantitative estimate of drug-likeness (QED) is 0.707. The summed E-state index contributed by atoms with van der Waals surface area (Å²) in [7, 11) is 0. The van der Waals surface area contributed by atoms with Gasteiger partial charge in [0.05, 0.1) is 17.7 Å². The van der Waals surface area contributed by atoms with Gasteiger partial charge in [0.1, 0.15) is 5.75 Å². The number of ether oxygens (including phenoxy) is 2. The zero-order chi connectivity index (χ0) is 13.0. The van der Waals surface area contributed by atoms with Crippen LogP contribution in [-0.4, -0.2) is 19.8 Å². The maximum absolute atomic E-state index is 5.55. The van der Waals surface area contributed by atoms with Crippen LogP contribution in [0.4, 0.5) is 0 Å². The van der Waals surface area contributed by atoms with E-state index < -0.39 is 0 Å². The van der Waals surface area contributed by atoms with Gasteiger partial charge in [0.25, 0.3) is 0 Å². The largest absolute Gasteiger partial charge is 0.493 e. The third kappa shape index (κ3) is 3.49. The van der Waals surface area contributed by atoms with Gasteiger partial charge in [-0.1, -0.05) is 22.0 Å². The monoisotopic (exact) mass is 376 g/mol. The van der Waals surface area contributed by atoms with E-state index in [2.05, 4.69) is 44.0 Å². The average Bonchev–Trinajstić information content (AvgIpc) is 2.41. The summed E-state index contributed by atoms with van der Waals surface area (Å²) < 4.78 is 12.1. The van der Waals surface area contributed by atoms with E-state index in [0.717, 1.165) is 29.9 Å². The minimum Gasteiger partial charge on any atom is -0.493 e. The van der Waals surface area contributed by atoms with Crippen molar-refractivity contribution in [3.8, 4) is 5.75 Å². The molecule has 0 amide bonds. The van der Waals surface area contributed by atoms with Crippen LogP contribution in [-0.2, 0) is 4.74 Å². The molecule has 1 aromatic carbocycles. The maximum atomic E-state index is 5.55. The van der Waals surface area contributed by atoms with E-state index in [1.54, 1.807) is 0 Å². The lowest BCUT2D eigenvalue weighted by atomic mass is 9.94. The van der Waals surface area contributed by atoms with Crippen molar-refractivity contribution < 1.29 is 9.47 Å². The molecular weight excluding hydrogens is 360 g/mol. The first-order chi connectivity index (χ1) is 8.72. The summed E-state index contributed by atoms with van der Waals surface area (Å²) in [4.78, 5) is 0.352. The van der Waals surface area contributed by atoms with Crippen molar-refractivity contribution in [2.24, 2.45) is 5.92 Å². The van der Waals surface area contributed by atoms with Gasteiger partial charge in [-0.15, -0.1) is 0 Å². The maximum Gasteiger partial charge on any atom is 0.133 e. The Balaban J connectivity index is 2.10. The summed E-state index contributed by atoms with van der Waals surface area (Å²) >= 11 is 7.37. The summed E-state index contributed by atoms with van der Waals surface area (Å²) in [6, 6.07) is 6.30. The van der Waals surface area contributed by atoms with Crippen molar-refractivity contribution in [3.63, 3.8) is 0 Å². The minimum absolute atomic E-state index is 0.352. The minimum atomic E-state index is 0.352. The molecule has 100 valence electrons. The highest BCUT2D eigenvalue weighted by Gasteiger charge is 2.23. The fourth-order valence-corrected chi connectivity index (χ4v) is 3.44. The molecule has 0 radical (unpaired) electrons. The standard InChI is InChI=1S/C14H18Br2O2/c1-2-18-13-6-5-10(8-12(13)15)14(16)11-4-3-7-17-9-11/h5-6,8,11,14H,2-4,7,9H2,1H3. The molecule has 2 atom stereocenters. The molecule has 0 aliphatic carbocycles. The van der Waals surface area contributed by atoms with E-state index in [9.17, 15) is 0 Å². The van der Waals surface area contributed by atoms with Crippen LogP contribution in [0.2, 0.25) is 0 Å². The summed E-state index contributed by atoms with van der Waals surface area (Å²) in [5.74, 6) is 1.46. The van der Waals surface area contributed by atoms with E-state index in [4.69, 9.17) is 9.47 Å². The van der Waals surface area contributed by atoms with Crippen molar-refractivity contribution in [1.29, 1.82) is 0 Å². The molecule has 4 heteroatoms. The van der Waals surface area contributed by atoms with Crippen LogP contribution >= 0.6 is 31.9 Å². The molecule has 0 saturated carbocycles. The van der Waals surface area contributed by atoms with Gasteiger partial charge in [0.2, 0.25) is 0 Å². The number of hydrogen-bond donors (Lipinski definition) is 0. The first kappa shape index (κ1) is 14.4. The van der Waals surface area contributed by atoms with Crippen LogP contribution in [0.25, 0.3) is 0 Å². The molecule has 1 fully saturated rings. The molecule has 0 spiro atoms. The molecule has 1 saturated heterocycles. The number of alkyl halides is 1. The fraction of sp³-hybridized carbons (Fsp3) is 0.571. The average molecular weight is 378 g/mol. The van der Waals surface area contributed by atoms with Crippen molar-refractivity contribution >= 4 is 31.9 Å². The Morgan fingerprint density at radius 3 is 2.94 bits per heavy atom. The van der Waals surface area contributed by atoms with Gasteiger partial charge < -0.3 is 9.47 Å². The zero-order valence-corrected chi connectivity index (χ0v) is 13.7. The number of halogens is 2. The molecule has 1 aliphatic heterocycles. The summed E-state index contributed by atoms with van der Waals surface area (Å²) in [5.41, 5.74) is 1.28. The molecule has 18 heavy (non-hydrogen) atoms. The van der Waals surface area contributed by atoms with E-state index in [1.807, 2.05) is 13.0 Å². The summed E-state index contributed by atoms with van der Waals surface area (Å²) in [5, 5.41) is 0. The highest BCUT2D eigenvalue weighted by atomic mass is 79.9. The van der Waals surface area contributed by atoms with Gasteiger partial charge in [0.15, 0.2) is 0 Å². The Hall–Kier alpha value is -0.0600. The Labute approximate surface area is 125 Å². The Morgan fingerprint density at radius 2 is 2.33 bits per heavy atom. The highest BCUT2D eigenvalue weighted by molar-refractivity contribution is 9.10. The van der Waals surface area contributed by atoms with Crippen molar-refractivity contribution in [2.75, 3.05) is 19.8 Å². The number of hydrogen-bond acceptors (Lipinski definition) is 2. The molecule has 1 heterocycles. The molecule has 0 N–H and O–H groups in total. The predicted octanol–water partition coefficient (Wildman–Crippen LogP) is 4.71. The van der Waals surface area contributed by atoms with Gasteiger partial charge in [-0.2, -0.15) is 0 Å². The van der Waals surface area contributed by atoms with Gasteiger partial charge >= 0.3 is 0 Å². The van der Waals surface area contributed by atoms with Gasteiger partial charge in [-0.3, -0.25) is 0 Å².